The molecule has 5 nitrogen and oxygen atoms in total. The van der Waals surface area contributed by atoms with Crippen LogP contribution in [0.15, 0.2) is 0 Å². The van der Waals surface area contributed by atoms with Gasteiger partial charge in [0.1, 0.15) is 0 Å². The molecule has 0 aromatic carbocycles. The van der Waals surface area contributed by atoms with Gasteiger partial charge in [0.25, 0.3) is 0 Å². The van der Waals surface area contributed by atoms with Crippen LogP contribution in [0.1, 0.15) is 34.1 Å². The maximum absolute atomic E-state index is 12.5. The van der Waals surface area contributed by atoms with Gasteiger partial charge in [0, 0.05) is 26.2 Å². The van der Waals surface area contributed by atoms with E-state index in [2.05, 4.69) is 13.8 Å². The second-order valence-corrected chi connectivity index (χ2v) is 6.93. The minimum atomic E-state index is -0.772. The van der Waals surface area contributed by atoms with Gasteiger partial charge in [-0.05, 0) is 24.2 Å². The third kappa shape index (κ3) is 2.38. The zero-order chi connectivity index (χ0) is 15.1. The zero-order valence-electron chi connectivity index (χ0n) is 12.9. The van der Waals surface area contributed by atoms with Gasteiger partial charge in [0.05, 0.1) is 5.41 Å². The number of aliphatic carboxylic acids is 1. The first-order valence-electron chi connectivity index (χ1n) is 7.55. The molecule has 114 valence electrons. The Bertz CT molecular complexity index is 400. The topological polar surface area (TPSA) is 60.9 Å². The molecule has 0 spiro atoms. The number of hydrogen-bond acceptors (Lipinski definition) is 2. The van der Waals surface area contributed by atoms with Gasteiger partial charge < -0.3 is 14.9 Å². The lowest BCUT2D eigenvalue weighted by atomic mass is 9.76. The van der Waals surface area contributed by atoms with Crippen LogP contribution in [0.4, 0.5) is 4.79 Å². The first kappa shape index (κ1) is 15.1. The molecule has 0 bridgehead atoms. The van der Waals surface area contributed by atoms with Gasteiger partial charge in [-0.25, -0.2) is 4.79 Å². The van der Waals surface area contributed by atoms with Crippen LogP contribution in [0.5, 0.6) is 0 Å². The third-order valence-corrected chi connectivity index (χ3v) is 5.36. The van der Waals surface area contributed by atoms with Crippen molar-refractivity contribution in [1.29, 1.82) is 0 Å². The summed E-state index contributed by atoms with van der Waals surface area (Å²) in [6.07, 6.45) is 0.560. The molecular formula is C15H26N2O3. The predicted octanol–water partition coefficient (Wildman–Crippen LogP) is 2.13. The first-order chi connectivity index (χ1) is 9.28. The minimum absolute atomic E-state index is 0.0185. The molecule has 1 N–H and O–H groups in total. The Hall–Kier alpha value is -1.26. The van der Waals surface area contributed by atoms with E-state index in [-0.39, 0.29) is 11.9 Å². The number of urea groups is 1. The highest BCUT2D eigenvalue weighted by atomic mass is 16.4. The summed E-state index contributed by atoms with van der Waals surface area (Å²) in [7, 11) is 0. The lowest BCUT2D eigenvalue weighted by Crippen LogP contribution is -2.45. The molecule has 3 atom stereocenters. The third-order valence-electron chi connectivity index (χ3n) is 5.36. The molecule has 2 rings (SSSR count). The van der Waals surface area contributed by atoms with Crippen LogP contribution in [0, 0.1) is 23.2 Å². The molecule has 0 aromatic heterocycles. The summed E-state index contributed by atoms with van der Waals surface area (Å²) in [6.45, 7) is 10.7. The van der Waals surface area contributed by atoms with E-state index in [9.17, 15) is 14.7 Å². The molecule has 0 saturated carbocycles. The summed E-state index contributed by atoms with van der Waals surface area (Å²) in [5.41, 5.74) is -0.771. The van der Waals surface area contributed by atoms with E-state index in [4.69, 9.17) is 0 Å². The number of carboxylic acids is 1. The number of likely N-dealkylation sites (tertiary alicyclic amines) is 2. The van der Waals surface area contributed by atoms with Gasteiger partial charge in [0.15, 0.2) is 0 Å². The van der Waals surface area contributed by atoms with E-state index in [1.807, 2.05) is 18.7 Å². The van der Waals surface area contributed by atoms with E-state index < -0.39 is 11.4 Å². The number of rotatable bonds is 2. The van der Waals surface area contributed by atoms with Crippen molar-refractivity contribution in [2.24, 2.45) is 23.2 Å². The Balaban J connectivity index is 2.06. The quantitative estimate of drug-likeness (QED) is 0.844. The van der Waals surface area contributed by atoms with Crippen molar-refractivity contribution < 1.29 is 14.7 Å². The summed E-state index contributed by atoms with van der Waals surface area (Å²) < 4.78 is 0. The summed E-state index contributed by atoms with van der Waals surface area (Å²) in [5.74, 6) is 0.312. The number of carbonyl (C=O) groups excluding carboxylic acids is 1. The number of carboxylic acid groups (broad SMARTS) is 1. The van der Waals surface area contributed by atoms with Crippen molar-refractivity contribution in [2.45, 2.75) is 34.1 Å². The summed E-state index contributed by atoms with van der Waals surface area (Å²) in [6, 6.07) is 0.0185. The van der Waals surface area contributed by atoms with E-state index in [0.29, 0.717) is 31.3 Å². The van der Waals surface area contributed by atoms with Crippen LogP contribution in [-0.2, 0) is 4.79 Å². The number of hydrogen-bond donors (Lipinski definition) is 1. The number of carbonyl (C=O) groups is 2. The molecule has 5 heteroatoms. The first-order valence-corrected chi connectivity index (χ1v) is 7.55. The van der Waals surface area contributed by atoms with Crippen molar-refractivity contribution >= 4 is 12.0 Å². The smallest absolute Gasteiger partial charge is 0.320 e. The molecule has 2 amide bonds. The Labute approximate surface area is 120 Å². The van der Waals surface area contributed by atoms with E-state index in [1.165, 1.54) is 0 Å². The van der Waals surface area contributed by atoms with Gasteiger partial charge in [-0.1, -0.05) is 27.7 Å². The Morgan fingerprint density at radius 3 is 2.10 bits per heavy atom. The standard InChI is InChI=1S/C15H26N2O3/c1-10(2)15(13(18)19)5-6-16(9-15)14(20)17-7-11(3)12(4)8-17/h10-12H,5-9H2,1-4H3,(H,18,19). The number of nitrogens with zero attached hydrogens (tertiary/aromatic N) is 2. The largest absolute Gasteiger partial charge is 0.481 e. The summed E-state index contributed by atoms with van der Waals surface area (Å²) in [5, 5.41) is 9.53. The normalized spacial score (nSPS) is 34.0. The Morgan fingerprint density at radius 2 is 1.70 bits per heavy atom. The molecule has 0 aliphatic carbocycles. The molecule has 3 unspecified atom stereocenters. The predicted molar refractivity (Wildman–Crippen MR) is 76.4 cm³/mol. The van der Waals surface area contributed by atoms with Gasteiger partial charge >= 0.3 is 12.0 Å². The van der Waals surface area contributed by atoms with Gasteiger partial charge in [-0.2, -0.15) is 0 Å². The molecule has 0 aromatic rings. The van der Waals surface area contributed by atoms with Crippen molar-refractivity contribution in [3.63, 3.8) is 0 Å². The Kier molecular flexibility index (Phi) is 3.98. The van der Waals surface area contributed by atoms with Crippen LogP contribution < -0.4 is 0 Å². The van der Waals surface area contributed by atoms with Crippen LogP contribution in [0.3, 0.4) is 0 Å². The van der Waals surface area contributed by atoms with E-state index in [0.717, 1.165) is 13.1 Å². The average molecular weight is 282 g/mol. The highest BCUT2D eigenvalue weighted by Gasteiger charge is 2.49. The van der Waals surface area contributed by atoms with Crippen molar-refractivity contribution in [3.8, 4) is 0 Å². The fourth-order valence-electron chi connectivity index (χ4n) is 3.38. The second kappa shape index (κ2) is 5.26. The molecule has 2 aliphatic heterocycles. The summed E-state index contributed by atoms with van der Waals surface area (Å²) >= 11 is 0. The fraction of sp³-hybridized carbons (Fsp3) is 0.867. The monoisotopic (exact) mass is 282 g/mol. The minimum Gasteiger partial charge on any atom is -0.481 e. The molecule has 0 radical (unpaired) electrons. The molecule has 20 heavy (non-hydrogen) atoms. The molecule has 2 heterocycles. The van der Waals surface area contributed by atoms with E-state index in [1.54, 1.807) is 4.90 Å². The van der Waals surface area contributed by atoms with Gasteiger partial charge in [-0.15, -0.1) is 0 Å². The molecular weight excluding hydrogens is 256 g/mol. The molecule has 2 fully saturated rings. The lowest BCUT2D eigenvalue weighted by molar-refractivity contribution is -0.150. The van der Waals surface area contributed by atoms with Crippen LogP contribution in [-0.4, -0.2) is 53.1 Å². The maximum Gasteiger partial charge on any atom is 0.320 e. The van der Waals surface area contributed by atoms with Crippen LogP contribution in [0.25, 0.3) is 0 Å². The average Bonchev–Trinajstić information content (AvgIpc) is 2.94. The van der Waals surface area contributed by atoms with Gasteiger partial charge in [-0.3, -0.25) is 4.79 Å². The fourth-order valence-corrected chi connectivity index (χ4v) is 3.38. The van der Waals surface area contributed by atoms with Crippen molar-refractivity contribution in [2.75, 3.05) is 26.2 Å². The Morgan fingerprint density at radius 1 is 1.15 bits per heavy atom. The van der Waals surface area contributed by atoms with Gasteiger partial charge in [0.2, 0.25) is 0 Å². The van der Waals surface area contributed by atoms with Crippen molar-refractivity contribution in [1.82, 2.24) is 9.80 Å². The summed E-state index contributed by atoms with van der Waals surface area (Å²) in [4.78, 5) is 27.8. The zero-order valence-corrected chi connectivity index (χ0v) is 12.9. The van der Waals surface area contributed by atoms with Crippen LogP contribution in [0.2, 0.25) is 0 Å². The highest BCUT2D eigenvalue weighted by Crippen LogP contribution is 2.39. The maximum atomic E-state index is 12.5. The lowest BCUT2D eigenvalue weighted by Gasteiger charge is -2.30. The van der Waals surface area contributed by atoms with Crippen LogP contribution >= 0.6 is 0 Å². The number of amides is 2. The highest BCUT2D eigenvalue weighted by molar-refractivity contribution is 5.80. The second-order valence-electron chi connectivity index (χ2n) is 6.93. The van der Waals surface area contributed by atoms with E-state index >= 15 is 0 Å². The molecule has 2 saturated heterocycles. The van der Waals surface area contributed by atoms with Crippen molar-refractivity contribution in [3.05, 3.63) is 0 Å². The molecule has 2 aliphatic rings. The SMILES string of the molecule is CC1CN(C(=O)N2CCC(C(=O)O)(C(C)C)C2)CC1C.